The Morgan fingerprint density at radius 3 is 1.90 bits per heavy atom. The van der Waals surface area contributed by atoms with Crippen LogP contribution in [0.2, 0.25) is 0 Å². The summed E-state index contributed by atoms with van der Waals surface area (Å²) in [5, 5.41) is 2.25. The van der Waals surface area contributed by atoms with Crippen LogP contribution in [0, 0.1) is 44.8 Å². The third-order valence-corrected chi connectivity index (χ3v) is 18.1. The van der Waals surface area contributed by atoms with Crippen molar-refractivity contribution in [1.82, 2.24) is 10.0 Å². The Labute approximate surface area is 387 Å². The predicted octanol–water partition coefficient (Wildman–Crippen LogP) is 14.5. The van der Waals surface area contributed by atoms with Crippen LogP contribution in [0.4, 0.5) is 0 Å². The van der Waals surface area contributed by atoms with Crippen LogP contribution in [0.25, 0.3) is 0 Å². The first-order chi connectivity index (χ1) is 29.0. The van der Waals surface area contributed by atoms with E-state index in [1.54, 1.807) is 0 Å². The van der Waals surface area contributed by atoms with E-state index in [0.29, 0.717) is 25.4 Å². The Balaban J connectivity index is 2.08. The molecular formula is C56H94N2O5. The van der Waals surface area contributed by atoms with Crippen LogP contribution >= 0.6 is 0 Å². The molecule has 358 valence electrons. The lowest BCUT2D eigenvalue weighted by Gasteiger charge is -2.59. The van der Waals surface area contributed by atoms with E-state index in [2.05, 4.69) is 184 Å². The number of rotatable bonds is 24. The molecule has 2 aromatic rings. The predicted molar refractivity (Wildman–Crippen MR) is 262 cm³/mol. The van der Waals surface area contributed by atoms with Gasteiger partial charge in [0.25, 0.3) is 0 Å². The van der Waals surface area contributed by atoms with E-state index in [-0.39, 0.29) is 57.2 Å². The first-order valence-corrected chi connectivity index (χ1v) is 24.6. The fourth-order valence-electron chi connectivity index (χ4n) is 10.7. The van der Waals surface area contributed by atoms with Crippen LogP contribution in [0.15, 0.2) is 54.9 Å². The summed E-state index contributed by atoms with van der Waals surface area (Å²) in [6.07, 6.45) is 10.1. The van der Waals surface area contributed by atoms with Crippen molar-refractivity contribution in [1.29, 1.82) is 0 Å². The van der Waals surface area contributed by atoms with Gasteiger partial charge in [-0.05, 0) is 128 Å². The second-order valence-corrected chi connectivity index (χ2v) is 23.9. The van der Waals surface area contributed by atoms with Crippen molar-refractivity contribution in [3.05, 3.63) is 66.0 Å². The average Bonchev–Trinajstić information content (AvgIpc) is 3.22. The van der Waals surface area contributed by atoms with Gasteiger partial charge >= 0.3 is 5.97 Å². The number of piperidine rings is 1. The lowest BCUT2D eigenvalue weighted by Crippen LogP contribution is -2.68. The van der Waals surface area contributed by atoms with Crippen molar-refractivity contribution in [2.45, 2.75) is 211 Å². The minimum atomic E-state index is -0.644. The highest BCUT2D eigenvalue weighted by Crippen LogP contribution is 2.59. The number of hydrogen-bond donors (Lipinski definition) is 0. The molecule has 7 atom stereocenters. The Morgan fingerprint density at radius 1 is 0.810 bits per heavy atom. The zero-order valence-corrected chi connectivity index (χ0v) is 44.1. The summed E-state index contributed by atoms with van der Waals surface area (Å²) in [6.45, 7) is 44.5. The smallest absolute Gasteiger partial charge is 0.309 e. The zero-order valence-electron chi connectivity index (χ0n) is 44.1. The van der Waals surface area contributed by atoms with Gasteiger partial charge in [0.15, 0.2) is 0 Å². The molecule has 0 spiro atoms. The number of esters is 1. The summed E-state index contributed by atoms with van der Waals surface area (Å²) in [5.41, 5.74) is -0.358. The van der Waals surface area contributed by atoms with Gasteiger partial charge in [0.2, 0.25) is 0 Å². The molecule has 7 unspecified atom stereocenters. The fraction of sp³-hybridized carbons (Fsp3) is 0.768. The third-order valence-electron chi connectivity index (χ3n) is 18.1. The highest BCUT2D eigenvalue weighted by molar-refractivity contribution is 5.84. The minimum Gasteiger partial charge on any atom is -0.465 e. The Kier molecular flexibility index (Phi) is 18.2. The van der Waals surface area contributed by atoms with Gasteiger partial charge in [0.05, 0.1) is 29.2 Å². The van der Waals surface area contributed by atoms with Gasteiger partial charge in [-0.2, -0.15) is 5.06 Å². The Bertz CT molecular complexity index is 1750. The SMILES string of the molecule is CCCCOC(=O)C(CC(C)(C)C(C)c1ccccc1)C(C)(C)C(C)(C)CC(COC)C(C)(C)C(C)(C)CC(c1ccncc1)C(C)(C)ON1C(C)(CC)CC(=O)C(C)C1(C)CC. The fourth-order valence-corrected chi connectivity index (χ4v) is 10.7. The normalized spacial score (nSPS) is 23.0. The first-order valence-electron chi connectivity index (χ1n) is 24.6. The van der Waals surface area contributed by atoms with Crippen molar-refractivity contribution in [2.24, 2.45) is 44.8 Å². The summed E-state index contributed by atoms with van der Waals surface area (Å²) in [6, 6.07) is 15.0. The molecule has 1 saturated heterocycles. The largest absolute Gasteiger partial charge is 0.465 e. The molecule has 2 heterocycles. The van der Waals surface area contributed by atoms with Crippen LogP contribution in [-0.4, -0.2) is 58.8 Å². The molecule has 3 rings (SSSR count). The summed E-state index contributed by atoms with van der Waals surface area (Å²) in [5.74, 6) is 0.177. The molecule has 1 aliphatic rings. The molecule has 7 nitrogen and oxygen atoms in total. The molecule has 0 N–H and O–H groups in total. The Morgan fingerprint density at radius 2 is 1.38 bits per heavy atom. The maximum Gasteiger partial charge on any atom is 0.309 e. The van der Waals surface area contributed by atoms with Gasteiger partial charge in [0.1, 0.15) is 5.78 Å². The van der Waals surface area contributed by atoms with Gasteiger partial charge in [-0.1, -0.05) is 141 Å². The van der Waals surface area contributed by atoms with Crippen molar-refractivity contribution in [3.63, 3.8) is 0 Å². The lowest BCUT2D eigenvalue weighted by atomic mass is 9.50. The first kappa shape index (κ1) is 54.7. The number of carbonyl (C=O) groups excluding carboxylic acids is 2. The number of ether oxygens (including phenoxy) is 2. The van der Waals surface area contributed by atoms with E-state index in [0.717, 1.165) is 44.9 Å². The van der Waals surface area contributed by atoms with Crippen molar-refractivity contribution in [2.75, 3.05) is 20.3 Å². The molecule has 1 aromatic heterocycles. The van der Waals surface area contributed by atoms with Crippen LogP contribution in [-0.2, 0) is 23.9 Å². The number of ketones is 1. The van der Waals surface area contributed by atoms with Crippen LogP contribution in [0.5, 0.6) is 0 Å². The third kappa shape index (κ3) is 11.9. The summed E-state index contributed by atoms with van der Waals surface area (Å²) in [4.78, 5) is 39.9. The molecule has 0 saturated carbocycles. The monoisotopic (exact) mass is 875 g/mol. The summed E-state index contributed by atoms with van der Waals surface area (Å²) >= 11 is 0. The summed E-state index contributed by atoms with van der Waals surface area (Å²) < 4.78 is 12.3. The van der Waals surface area contributed by atoms with E-state index in [1.165, 1.54) is 11.1 Å². The standard InChI is InChI=1S/C56H94N2O5/c1-21-24-34-62-48(60)46(36-49(6,7)40(4)42-28-26-25-27-29-42)53(14,15)50(8,9)35-44(39-61-20)52(12,13)51(10,11)37-45(43-30-32-57-33-31-43)54(16,17)63-58-55(18,22-2)38-47(59)41(5)56(58,19)23-3/h25-33,40-41,44-46H,21-24,34-39H2,1-20H3. The molecule has 0 amide bonds. The number of nitrogens with zero attached hydrogens (tertiary/aromatic N) is 2. The van der Waals surface area contributed by atoms with Gasteiger partial charge < -0.3 is 9.47 Å². The number of hydroxylamine groups is 2. The molecule has 0 bridgehead atoms. The molecular weight excluding hydrogens is 781 g/mol. The second-order valence-electron chi connectivity index (χ2n) is 23.9. The van der Waals surface area contributed by atoms with Gasteiger partial charge in [-0.3, -0.25) is 19.4 Å². The van der Waals surface area contributed by atoms with Crippen molar-refractivity contribution < 1.29 is 23.9 Å². The zero-order chi connectivity index (χ0) is 48.0. The maximum absolute atomic E-state index is 14.5. The van der Waals surface area contributed by atoms with Crippen LogP contribution < -0.4 is 0 Å². The number of benzene rings is 1. The molecule has 63 heavy (non-hydrogen) atoms. The van der Waals surface area contributed by atoms with Crippen LogP contribution in [0.1, 0.15) is 206 Å². The molecule has 1 aromatic carbocycles. The maximum atomic E-state index is 14.5. The van der Waals surface area contributed by atoms with E-state index in [1.807, 2.05) is 19.5 Å². The topological polar surface area (TPSA) is 78.0 Å². The molecule has 7 heteroatoms. The number of Topliss-reactive ketones (excluding diaryl/α,β-unsaturated/α-hetero) is 1. The number of aromatic nitrogens is 1. The van der Waals surface area contributed by atoms with Crippen LogP contribution in [0.3, 0.4) is 0 Å². The average molecular weight is 875 g/mol. The number of pyridine rings is 1. The minimum absolute atomic E-state index is 0.00586. The van der Waals surface area contributed by atoms with Crippen molar-refractivity contribution in [3.8, 4) is 0 Å². The molecule has 0 radical (unpaired) electrons. The van der Waals surface area contributed by atoms with E-state index in [9.17, 15) is 9.59 Å². The lowest BCUT2D eigenvalue weighted by molar-refractivity contribution is -0.344. The number of methoxy groups -OCH3 is 1. The quantitative estimate of drug-likeness (QED) is 0.0768. The highest BCUT2D eigenvalue weighted by atomic mass is 16.7. The number of carbonyl (C=O) groups is 2. The van der Waals surface area contributed by atoms with E-state index >= 15 is 0 Å². The highest BCUT2D eigenvalue weighted by Gasteiger charge is 2.57. The van der Waals surface area contributed by atoms with Gasteiger partial charge in [-0.25, -0.2) is 0 Å². The van der Waals surface area contributed by atoms with E-state index in [4.69, 9.17) is 14.3 Å². The number of unbranched alkanes of at least 4 members (excludes halogenated alkanes) is 1. The molecule has 1 aliphatic heterocycles. The van der Waals surface area contributed by atoms with Crippen molar-refractivity contribution >= 4 is 11.8 Å². The van der Waals surface area contributed by atoms with Gasteiger partial charge in [0, 0.05) is 44.4 Å². The summed E-state index contributed by atoms with van der Waals surface area (Å²) in [7, 11) is 1.83. The Hall–Kier alpha value is -2.61. The molecule has 1 fully saturated rings. The van der Waals surface area contributed by atoms with Gasteiger partial charge in [-0.15, -0.1) is 0 Å². The number of hydrogen-bond acceptors (Lipinski definition) is 7. The molecule has 0 aliphatic carbocycles. The second kappa shape index (κ2) is 20.9. The van der Waals surface area contributed by atoms with E-state index < -0.39 is 22.1 Å².